The highest BCUT2D eigenvalue weighted by Gasteiger charge is 2.49. The van der Waals surface area contributed by atoms with Crippen molar-refractivity contribution >= 4 is 61.6 Å². The number of fused-ring (bicyclic) bond motifs is 1. The number of anilines is 2. The number of likely N-dealkylation sites (tertiary alicyclic amines) is 1. The summed E-state index contributed by atoms with van der Waals surface area (Å²) >= 11 is 6.19. The van der Waals surface area contributed by atoms with Crippen LogP contribution in [0.1, 0.15) is 36.6 Å². The summed E-state index contributed by atoms with van der Waals surface area (Å²) < 4.78 is 85.0. The Morgan fingerprint density at radius 1 is 1.10 bits per heavy atom. The SMILES string of the molecule is CCS(=O)(=O)c1ccccc1C1C(C(=O)OC(=O)C(F)(F)F)CCN1C(=O)[C@@H](Nc1ccc2c(N)nccc2c1)c1cc(Cl)ccc1F. The minimum atomic E-state index is -5.50. The second-order valence-corrected chi connectivity index (χ2v) is 13.6. The highest BCUT2D eigenvalue weighted by atomic mass is 35.5. The van der Waals surface area contributed by atoms with Crippen molar-refractivity contribution in [3.8, 4) is 0 Å². The molecule has 0 spiro atoms. The fourth-order valence-corrected chi connectivity index (χ4v) is 7.02. The first kappa shape index (κ1) is 34.6. The average Bonchev–Trinajstić information content (AvgIpc) is 3.49. The number of rotatable bonds is 8. The highest BCUT2D eigenvalue weighted by molar-refractivity contribution is 7.91. The summed E-state index contributed by atoms with van der Waals surface area (Å²) in [7, 11) is -4.01. The number of benzene rings is 3. The standard InChI is InChI=1S/C32H27ClF4N4O6S/c1-2-48(45,46)25-6-4-3-5-21(25)27-22(30(43)47-31(44)32(35,36)37)12-14-41(27)29(42)26(23-16-18(33)7-10-24(23)34)40-19-8-9-20-17(15-19)11-13-39-28(20)38/h3-11,13,15-16,22,26-27,40H,2,12,14H2,1H3,(H2,38,39)/t22?,26-,27?/m0/s1. The largest absolute Gasteiger partial charge is 0.491 e. The van der Waals surface area contributed by atoms with Crippen molar-refractivity contribution in [2.45, 2.75) is 36.5 Å². The molecule has 1 amide bonds. The monoisotopic (exact) mass is 706 g/mol. The van der Waals surface area contributed by atoms with E-state index < -0.39 is 57.7 Å². The van der Waals surface area contributed by atoms with Crippen LogP contribution in [0.3, 0.4) is 0 Å². The van der Waals surface area contributed by atoms with Crippen LogP contribution in [0, 0.1) is 11.7 Å². The maximum Gasteiger partial charge on any atom is 0.491 e. The molecule has 4 aromatic rings. The summed E-state index contributed by atoms with van der Waals surface area (Å²) in [5, 5.41) is 4.29. The second kappa shape index (κ2) is 13.4. The number of pyridine rings is 1. The van der Waals surface area contributed by atoms with Gasteiger partial charge in [-0.3, -0.25) is 9.59 Å². The number of nitrogens with two attached hydrogens (primary N) is 1. The number of nitrogen functional groups attached to an aromatic ring is 1. The summed E-state index contributed by atoms with van der Waals surface area (Å²) in [6.45, 7) is 1.07. The first-order valence-electron chi connectivity index (χ1n) is 14.4. The van der Waals surface area contributed by atoms with Gasteiger partial charge in [-0.1, -0.05) is 36.7 Å². The zero-order chi connectivity index (χ0) is 35.0. The van der Waals surface area contributed by atoms with Gasteiger partial charge in [-0.15, -0.1) is 0 Å². The van der Waals surface area contributed by atoms with Gasteiger partial charge in [0.05, 0.1) is 22.6 Å². The number of carbonyl (C=O) groups excluding carboxylic acids is 3. The van der Waals surface area contributed by atoms with Gasteiger partial charge in [-0.05, 0) is 65.9 Å². The first-order chi connectivity index (χ1) is 22.6. The molecule has 0 aliphatic carbocycles. The van der Waals surface area contributed by atoms with Crippen molar-refractivity contribution in [3.05, 3.63) is 94.9 Å². The number of nitrogens with zero attached hydrogens (tertiary/aromatic N) is 2. The van der Waals surface area contributed by atoms with Gasteiger partial charge in [0, 0.05) is 34.4 Å². The van der Waals surface area contributed by atoms with Gasteiger partial charge in [0.1, 0.15) is 17.7 Å². The van der Waals surface area contributed by atoms with Crippen molar-refractivity contribution in [1.82, 2.24) is 9.88 Å². The lowest BCUT2D eigenvalue weighted by Gasteiger charge is -2.33. The molecule has 0 radical (unpaired) electrons. The van der Waals surface area contributed by atoms with Gasteiger partial charge in [0.25, 0.3) is 0 Å². The number of nitrogens with one attached hydrogen (secondary N) is 1. The number of esters is 2. The molecule has 0 bridgehead atoms. The van der Waals surface area contributed by atoms with Crippen molar-refractivity contribution in [2.24, 2.45) is 5.92 Å². The molecule has 3 aromatic carbocycles. The van der Waals surface area contributed by atoms with Crippen LogP contribution in [0.5, 0.6) is 0 Å². The summed E-state index contributed by atoms with van der Waals surface area (Å²) in [4.78, 5) is 44.1. The van der Waals surface area contributed by atoms with Crippen LogP contribution in [0.4, 0.5) is 29.1 Å². The lowest BCUT2D eigenvalue weighted by atomic mass is 9.93. The quantitative estimate of drug-likeness (QED) is 0.132. The van der Waals surface area contributed by atoms with E-state index in [1.807, 2.05) is 0 Å². The number of aromatic nitrogens is 1. The maximum absolute atomic E-state index is 15.4. The minimum Gasteiger partial charge on any atom is -0.386 e. The van der Waals surface area contributed by atoms with Gasteiger partial charge in [0.15, 0.2) is 9.84 Å². The van der Waals surface area contributed by atoms with Gasteiger partial charge in [-0.25, -0.2) is 22.6 Å². The average molecular weight is 707 g/mol. The summed E-state index contributed by atoms with van der Waals surface area (Å²) in [5.41, 5.74) is 5.98. The molecule has 2 unspecified atom stereocenters. The number of sulfone groups is 1. The molecule has 5 rings (SSSR count). The third kappa shape index (κ3) is 6.92. The van der Waals surface area contributed by atoms with Crippen LogP contribution in [-0.2, 0) is 29.0 Å². The van der Waals surface area contributed by atoms with Crippen LogP contribution in [0.25, 0.3) is 10.8 Å². The molecule has 0 saturated carbocycles. The molecule has 16 heteroatoms. The lowest BCUT2D eigenvalue weighted by Crippen LogP contribution is -2.41. The van der Waals surface area contributed by atoms with E-state index >= 15 is 4.39 Å². The molecule has 1 fully saturated rings. The summed E-state index contributed by atoms with van der Waals surface area (Å²) in [6.07, 6.45) is -4.34. The van der Waals surface area contributed by atoms with Crippen LogP contribution in [0.15, 0.2) is 77.8 Å². The van der Waals surface area contributed by atoms with E-state index in [1.165, 1.54) is 49.5 Å². The van der Waals surface area contributed by atoms with E-state index in [4.69, 9.17) is 17.3 Å². The molecule has 10 nitrogen and oxygen atoms in total. The number of hydrogen-bond donors (Lipinski definition) is 2. The number of amides is 1. The topological polar surface area (TPSA) is 149 Å². The van der Waals surface area contributed by atoms with E-state index in [2.05, 4.69) is 15.0 Å². The minimum absolute atomic E-state index is 0.0767. The third-order valence-corrected chi connectivity index (χ3v) is 10.0. The van der Waals surface area contributed by atoms with Gasteiger partial charge in [0.2, 0.25) is 5.91 Å². The molecule has 1 aromatic heterocycles. The Bertz CT molecular complexity index is 2030. The van der Waals surface area contributed by atoms with Gasteiger partial charge in [-0.2, -0.15) is 13.2 Å². The van der Waals surface area contributed by atoms with Crippen molar-refractivity contribution in [1.29, 1.82) is 0 Å². The predicted molar refractivity (Wildman–Crippen MR) is 168 cm³/mol. The Morgan fingerprint density at radius 2 is 1.83 bits per heavy atom. The number of ether oxygens (including phenoxy) is 1. The second-order valence-electron chi connectivity index (χ2n) is 10.9. The maximum atomic E-state index is 15.4. The molecular formula is C32H27ClF4N4O6S. The molecule has 48 heavy (non-hydrogen) atoms. The predicted octanol–water partition coefficient (Wildman–Crippen LogP) is 5.78. The number of hydrogen-bond acceptors (Lipinski definition) is 9. The van der Waals surface area contributed by atoms with Crippen molar-refractivity contribution in [2.75, 3.05) is 23.3 Å². The molecule has 3 N–H and O–H groups in total. The molecule has 3 atom stereocenters. The van der Waals surface area contributed by atoms with Crippen LogP contribution in [0.2, 0.25) is 5.02 Å². The van der Waals surface area contributed by atoms with E-state index in [0.29, 0.717) is 16.5 Å². The zero-order valence-electron chi connectivity index (χ0n) is 25.0. The molecule has 2 heterocycles. The highest BCUT2D eigenvalue weighted by Crippen LogP contribution is 2.43. The Labute approximate surface area is 276 Å². The number of halogens is 5. The van der Waals surface area contributed by atoms with E-state index in [9.17, 15) is 36.0 Å². The Balaban J connectivity index is 1.63. The van der Waals surface area contributed by atoms with Crippen LogP contribution < -0.4 is 11.1 Å². The van der Waals surface area contributed by atoms with Crippen molar-refractivity contribution in [3.63, 3.8) is 0 Å². The first-order valence-corrected chi connectivity index (χ1v) is 16.5. The van der Waals surface area contributed by atoms with Gasteiger partial charge < -0.3 is 20.7 Å². The van der Waals surface area contributed by atoms with Crippen molar-refractivity contribution < 1.29 is 45.1 Å². The zero-order valence-corrected chi connectivity index (χ0v) is 26.6. The number of alkyl halides is 3. The number of carbonyl (C=O) groups is 3. The van der Waals surface area contributed by atoms with Crippen LogP contribution in [-0.4, -0.2) is 54.6 Å². The van der Waals surface area contributed by atoms with E-state index in [-0.39, 0.29) is 45.6 Å². The normalized spacial score (nSPS) is 17.2. The molecular weight excluding hydrogens is 680 g/mol. The van der Waals surface area contributed by atoms with E-state index in [1.54, 1.807) is 24.3 Å². The Hall–Kier alpha value is -4.76. The third-order valence-electron chi connectivity index (χ3n) is 7.98. The lowest BCUT2D eigenvalue weighted by molar-refractivity contribution is -0.203. The van der Waals surface area contributed by atoms with Gasteiger partial charge >= 0.3 is 18.1 Å². The fourth-order valence-electron chi connectivity index (χ4n) is 5.69. The summed E-state index contributed by atoms with van der Waals surface area (Å²) in [5.74, 6) is -7.83. The summed E-state index contributed by atoms with van der Waals surface area (Å²) in [6, 6.07) is 12.3. The molecule has 1 aliphatic rings. The molecule has 252 valence electrons. The van der Waals surface area contributed by atoms with E-state index in [0.717, 1.165) is 11.0 Å². The smallest absolute Gasteiger partial charge is 0.386 e. The molecule has 1 aliphatic heterocycles. The fraction of sp³-hybridized carbons (Fsp3) is 0.250. The molecule has 1 saturated heterocycles. The Morgan fingerprint density at radius 3 is 2.54 bits per heavy atom. The Kier molecular flexibility index (Phi) is 9.65. The van der Waals surface area contributed by atoms with Crippen LogP contribution >= 0.6 is 11.6 Å².